The normalized spacial score (nSPS) is 37.8. The van der Waals surface area contributed by atoms with Gasteiger partial charge in [-0.25, -0.2) is 0 Å². The molecule has 70 valence electrons. The third kappa shape index (κ3) is 2.12. The number of likely N-dealkylation sites (tertiary alicyclic amines) is 1. The lowest BCUT2D eigenvalue weighted by Gasteiger charge is -2.18. The van der Waals surface area contributed by atoms with E-state index in [0.717, 1.165) is 32.1 Å². The lowest BCUT2D eigenvalue weighted by molar-refractivity contribution is 0.174. The van der Waals surface area contributed by atoms with Gasteiger partial charge in [0.15, 0.2) is 0 Å². The monoisotopic (exact) mass is 189 g/mol. The van der Waals surface area contributed by atoms with Crippen molar-refractivity contribution in [1.82, 2.24) is 4.90 Å². The Balaban J connectivity index is 1.72. The predicted molar refractivity (Wildman–Crippen MR) is 49.6 cm³/mol. The molecule has 3 heteroatoms. The van der Waals surface area contributed by atoms with Crippen LogP contribution in [0.5, 0.6) is 0 Å². The van der Waals surface area contributed by atoms with Gasteiger partial charge in [0.1, 0.15) is 0 Å². The van der Waals surface area contributed by atoms with Gasteiger partial charge in [0.25, 0.3) is 0 Å². The SMILES string of the molecule is ClC1CCN(CC2CCOC2)C1. The Morgan fingerprint density at radius 1 is 1.42 bits per heavy atom. The first kappa shape index (κ1) is 8.79. The number of alkyl halides is 1. The van der Waals surface area contributed by atoms with Crippen LogP contribution in [0.4, 0.5) is 0 Å². The van der Waals surface area contributed by atoms with E-state index in [1.165, 1.54) is 19.5 Å². The quantitative estimate of drug-likeness (QED) is 0.608. The van der Waals surface area contributed by atoms with Gasteiger partial charge in [-0.1, -0.05) is 0 Å². The van der Waals surface area contributed by atoms with E-state index < -0.39 is 0 Å². The van der Waals surface area contributed by atoms with Crippen LogP contribution in [0.2, 0.25) is 0 Å². The number of rotatable bonds is 2. The van der Waals surface area contributed by atoms with Crippen molar-refractivity contribution >= 4 is 11.6 Å². The molecule has 0 saturated carbocycles. The molecule has 2 aliphatic heterocycles. The Morgan fingerprint density at radius 2 is 2.33 bits per heavy atom. The van der Waals surface area contributed by atoms with Crippen LogP contribution in [0.1, 0.15) is 12.8 Å². The summed E-state index contributed by atoms with van der Waals surface area (Å²) in [6.45, 7) is 5.39. The summed E-state index contributed by atoms with van der Waals surface area (Å²) in [5.41, 5.74) is 0. The second-order valence-electron chi connectivity index (χ2n) is 3.88. The van der Waals surface area contributed by atoms with Gasteiger partial charge in [0, 0.05) is 25.1 Å². The molecule has 2 fully saturated rings. The Hall–Kier alpha value is 0.210. The largest absolute Gasteiger partial charge is 0.381 e. The molecular weight excluding hydrogens is 174 g/mol. The summed E-state index contributed by atoms with van der Waals surface area (Å²) in [5.74, 6) is 0.770. The third-order valence-electron chi connectivity index (χ3n) is 2.76. The van der Waals surface area contributed by atoms with Gasteiger partial charge in [-0.15, -0.1) is 11.6 Å². The van der Waals surface area contributed by atoms with E-state index in [-0.39, 0.29) is 0 Å². The van der Waals surface area contributed by atoms with E-state index in [1.54, 1.807) is 0 Å². The fraction of sp³-hybridized carbons (Fsp3) is 1.00. The minimum atomic E-state index is 0.396. The number of nitrogens with zero attached hydrogens (tertiary/aromatic N) is 1. The summed E-state index contributed by atoms with van der Waals surface area (Å²) >= 11 is 6.02. The maximum Gasteiger partial charge on any atom is 0.0507 e. The molecule has 2 saturated heterocycles. The van der Waals surface area contributed by atoms with Crippen molar-refractivity contribution in [1.29, 1.82) is 0 Å². The van der Waals surface area contributed by atoms with Gasteiger partial charge in [-0.3, -0.25) is 0 Å². The number of hydrogen-bond donors (Lipinski definition) is 0. The molecular formula is C9H16ClNO. The van der Waals surface area contributed by atoms with Gasteiger partial charge in [0.05, 0.1) is 6.61 Å². The molecule has 2 heterocycles. The molecule has 2 atom stereocenters. The summed E-state index contributed by atoms with van der Waals surface area (Å²) in [7, 11) is 0. The van der Waals surface area contributed by atoms with Gasteiger partial charge in [-0.05, 0) is 25.3 Å². The van der Waals surface area contributed by atoms with Gasteiger partial charge in [0.2, 0.25) is 0 Å². The van der Waals surface area contributed by atoms with E-state index in [0.29, 0.717) is 5.38 Å². The van der Waals surface area contributed by atoms with Crippen LogP contribution in [0.15, 0.2) is 0 Å². The minimum absolute atomic E-state index is 0.396. The molecule has 0 spiro atoms. The zero-order valence-corrected chi connectivity index (χ0v) is 8.09. The number of halogens is 1. The predicted octanol–water partition coefficient (Wildman–Crippen LogP) is 1.34. The van der Waals surface area contributed by atoms with Crippen LogP contribution in [0, 0.1) is 5.92 Å². The minimum Gasteiger partial charge on any atom is -0.381 e. The molecule has 2 rings (SSSR count). The molecule has 12 heavy (non-hydrogen) atoms. The second-order valence-corrected chi connectivity index (χ2v) is 4.49. The summed E-state index contributed by atoms with van der Waals surface area (Å²) in [6.07, 6.45) is 2.40. The third-order valence-corrected chi connectivity index (χ3v) is 3.11. The Kier molecular flexibility index (Phi) is 2.89. The fourth-order valence-corrected chi connectivity index (χ4v) is 2.34. The Morgan fingerprint density at radius 3 is 2.92 bits per heavy atom. The lowest BCUT2D eigenvalue weighted by Crippen LogP contribution is -2.27. The number of hydrogen-bond acceptors (Lipinski definition) is 2. The van der Waals surface area contributed by atoms with Crippen LogP contribution < -0.4 is 0 Å². The highest BCUT2D eigenvalue weighted by Gasteiger charge is 2.24. The second kappa shape index (κ2) is 3.95. The van der Waals surface area contributed by atoms with Crippen molar-refractivity contribution in [3.05, 3.63) is 0 Å². The van der Waals surface area contributed by atoms with Crippen molar-refractivity contribution in [3.8, 4) is 0 Å². The van der Waals surface area contributed by atoms with Crippen LogP contribution in [0.25, 0.3) is 0 Å². The molecule has 0 N–H and O–H groups in total. The first-order chi connectivity index (χ1) is 5.84. The molecule has 0 aromatic rings. The van der Waals surface area contributed by atoms with Gasteiger partial charge < -0.3 is 9.64 Å². The fourth-order valence-electron chi connectivity index (χ4n) is 2.04. The van der Waals surface area contributed by atoms with Crippen LogP contribution in [0.3, 0.4) is 0 Å². The van der Waals surface area contributed by atoms with Gasteiger partial charge >= 0.3 is 0 Å². The van der Waals surface area contributed by atoms with Gasteiger partial charge in [-0.2, -0.15) is 0 Å². The molecule has 2 nitrogen and oxygen atoms in total. The van der Waals surface area contributed by atoms with Crippen LogP contribution in [-0.4, -0.2) is 43.1 Å². The number of ether oxygens (including phenoxy) is 1. The first-order valence-corrected chi connectivity index (χ1v) is 5.22. The van der Waals surface area contributed by atoms with Crippen molar-refractivity contribution in [3.63, 3.8) is 0 Å². The zero-order valence-electron chi connectivity index (χ0n) is 7.34. The summed E-state index contributed by atoms with van der Waals surface area (Å²) in [6, 6.07) is 0. The van der Waals surface area contributed by atoms with E-state index in [9.17, 15) is 0 Å². The van der Waals surface area contributed by atoms with Crippen LogP contribution >= 0.6 is 11.6 Å². The molecule has 0 amide bonds. The molecule has 2 unspecified atom stereocenters. The summed E-state index contributed by atoms with van der Waals surface area (Å²) in [4.78, 5) is 2.47. The molecule has 0 aromatic carbocycles. The topological polar surface area (TPSA) is 12.5 Å². The smallest absolute Gasteiger partial charge is 0.0507 e. The molecule has 0 bridgehead atoms. The molecule has 2 aliphatic rings. The zero-order chi connectivity index (χ0) is 8.39. The molecule has 0 radical (unpaired) electrons. The highest BCUT2D eigenvalue weighted by atomic mass is 35.5. The maximum atomic E-state index is 6.02. The average Bonchev–Trinajstić information content (AvgIpc) is 2.63. The first-order valence-electron chi connectivity index (χ1n) is 4.79. The highest BCUT2D eigenvalue weighted by Crippen LogP contribution is 2.19. The highest BCUT2D eigenvalue weighted by molar-refractivity contribution is 6.20. The molecule has 0 aliphatic carbocycles. The van der Waals surface area contributed by atoms with Crippen molar-refractivity contribution < 1.29 is 4.74 Å². The maximum absolute atomic E-state index is 6.02. The summed E-state index contributed by atoms with van der Waals surface area (Å²) < 4.78 is 5.33. The van der Waals surface area contributed by atoms with E-state index >= 15 is 0 Å². The lowest BCUT2D eigenvalue weighted by atomic mass is 10.1. The van der Waals surface area contributed by atoms with E-state index in [1.807, 2.05) is 0 Å². The average molecular weight is 190 g/mol. The van der Waals surface area contributed by atoms with Crippen molar-refractivity contribution in [2.45, 2.75) is 18.2 Å². The van der Waals surface area contributed by atoms with E-state index in [4.69, 9.17) is 16.3 Å². The molecule has 0 aromatic heterocycles. The Bertz CT molecular complexity index is 147. The van der Waals surface area contributed by atoms with Crippen LogP contribution in [-0.2, 0) is 4.74 Å². The van der Waals surface area contributed by atoms with E-state index in [2.05, 4.69) is 4.90 Å². The standard InChI is InChI=1S/C9H16ClNO/c10-9-1-3-11(6-9)5-8-2-4-12-7-8/h8-9H,1-7H2. The summed E-state index contributed by atoms with van der Waals surface area (Å²) in [5, 5.41) is 0.396. The van der Waals surface area contributed by atoms with Crippen molar-refractivity contribution in [2.75, 3.05) is 32.8 Å². The Labute approximate surface area is 78.8 Å². The van der Waals surface area contributed by atoms with Crippen molar-refractivity contribution in [2.24, 2.45) is 5.92 Å².